The van der Waals surface area contributed by atoms with Gasteiger partial charge in [0.1, 0.15) is 17.6 Å². The lowest BCUT2D eigenvalue weighted by molar-refractivity contribution is -0.384. The zero-order valence-corrected chi connectivity index (χ0v) is 16.8. The van der Waals surface area contributed by atoms with E-state index >= 15 is 0 Å². The Morgan fingerprint density at radius 3 is 2.57 bits per heavy atom. The summed E-state index contributed by atoms with van der Waals surface area (Å²) in [6, 6.07) is 7.65. The van der Waals surface area contributed by atoms with Gasteiger partial charge in [-0.2, -0.15) is 0 Å². The van der Waals surface area contributed by atoms with E-state index in [4.69, 9.17) is 4.42 Å². The first-order chi connectivity index (χ1) is 14.4. The highest BCUT2D eigenvalue weighted by Gasteiger charge is 2.47. The Labute approximate surface area is 173 Å². The van der Waals surface area contributed by atoms with Crippen molar-refractivity contribution in [1.29, 1.82) is 0 Å². The highest BCUT2D eigenvalue weighted by molar-refractivity contribution is 6.46. The lowest BCUT2D eigenvalue weighted by Gasteiger charge is -2.26. The van der Waals surface area contributed by atoms with E-state index in [0.29, 0.717) is 12.3 Å². The molecule has 0 radical (unpaired) electrons. The third kappa shape index (κ3) is 3.97. The van der Waals surface area contributed by atoms with Crippen molar-refractivity contribution < 1.29 is 24.0 Å². The average Bonchev–Trinajstić information content (AvgIpc) is 3.36. The van der Waals surface area contributed by atoms with Crippen LogP contribution in [0.5, 0.6) is 0 Å². The molecular weight excluding hydrogens is 390 g/mol. The maximum absolute atomic E-state index is 12.8. The molecule has 1 aliphatic rings. The molecule has 1 unspecified atom stereocenters. The van der Waals surface area contributed by atoms with Gasteiger partial charge in [-0.1, -0.05) is 26.0 Å². The van der Waals surface area contributed by atoms with E-state index in [1.165, 1.54) is 29.4 Å². The van der Waals surface area contributed by atoms with Crippen molar-refractivity contribution in [3.05, 3.63) is 69.7 Å². The molecule has 2 aromatic rings. The zero-order chi connectivity index (χ0) is 21.8. The number of ketones is 1. The second kappa shape index (κ2) is 8.91. The van der Waals surface area contributed by atoms with Crippen LogP contribution in [0.25, 0.3) is 5.76 Å². The molecule has 9 heteroatoms. The molecule has 1 aromatic heterocycles. The minimum atomic E-state index is -0.908. The van der Waals surface area contributed by atoms with Crippen molar-refractivity contribution in [2.24, 2.45) is 0 Å². The van der Waals surface area contributed by atoms with E-state index in [1.54, 1.807) is 12.1 Å². The predicted molar refractivity (Wildman–Crippen MR) is 109 cm³/mol. The molecule has 1 atom stereocenters. The summed E-state index contributed by atoms with van der Waals surface area (Å²) in [5.41, 5.74) is -0.290. The topological polar surface area (TPSA) is 117 Å². The molecular formula is C21H23N3O6. The number of aliphatic hydroxyl groups is 1. The molecule has 0 saturated carbocycles. The quantitative estimate of drug-likeness (QED) is 0.232. The van der Waals surface area contributed by atoms with Crippen LogP contribution in [0.2, 0.25) is 0 Å². The number of nitro groups is 1. The van der Waals surface area contributed by atoms with Gasteiger partial charge in [-0.15, -0.1) is 0 Å². The Bertz CT molecular complexity index is 978. The van der Waals surface area contributed by atoms with Gasteiger partial charge in [0.2, 0.25) is 0 Å². The smallest absolute Gasteiger partial charge is 0.295 e. The van der Waals surface area contributed by atoms with Crippen LogP contribution in [0.1, 0.15) is 31.2 Å². The van der Waals surface area contributed by atoms with Crippen molar-refractivity contribution in [1.82, 2.24) is 9.80 Å². The monoisotopic (exact) mass is 413 g/mol. The Hall–Kier alpha value is -3.46. The predicted octanol–water partition coefficient (Wildman–Crippen LogP) is 2.95. The summed E-state index contributed by atoms with van der Waals surface area (Å²) in [6.45, 7) is 6.41. The van der Waals surface area contributed by atoms with E-state index in [1.807, 2.05) is 13.8 Å². The normalized spacial score (nSPS) is 18.4. The summed E-state index contributed by atoms with van der Waals surface area (Å²) in [6.07, 6.45) is 1.42. The van der Waals surface area contributed by atoms with Crippen LogP contribution < -0.4 is 0 Å². The number of nitrogens with zero attached hydrogens (tertiary/aromatic N) is 3. The van der Waals surface area contributed by atoms with Gasteiger partial charge in [0, 0.05) is 30.8 Å². The van der Waals surface area contributed by atoms with E-state index < -0.39 is 28.4 Å². The zero-order valence-electron chi connectivity index (χ0n) is 16.8. The van der Waals surface area contributed by atoms with Crippen LogP contribution in [-0.4, -0.2) is 57.7 Å². The molecule has 1 aliphatic heterocycles. The van der Waals surface area contributed by atoms with Gasteiger partial charge >= 0.3 is 0 Å². The fourth-order valence-corrected chi connectivity index (χ4v) is 3.56. The lowest BCUT2D eigenvalue weighted by Crippen LogP contribution is -2.37. The van der Waals surface area contributed by atoms with Crippen molar-refractivity contribution in [2.45, 2.75) is 19.9 Å². The Morgan fingerprint density at radius 2 is 1.97 bits per heavy atom. The second-order valence-corrected chi connectivity index (χ2v) is 6.84. The number of furan rings is 1. The molecule has 158 valence electrons. The number of rotatable bonds is 8. The minimum Gasteiger partial charge on any atom is -0.507 e. The highest BCUT2D eigenvalue weighted by Crippen LogP contribution is 2.39. The maximum Gasteiger partial charge on any atom is 0.295 e. The summed E-state index contributed by atoms with van der Waals surface area (Å²) in [5.74, 6) is -1.72. The first-order valence-corrected chi connectivity index (χ1v) is 9.68. The number of amides is 1. The molecule has 30 heavy (non-hydrogen) atoms. The summed E-state index contributed by atoms with van der Waals surface area (Å²) in [5, 5.41) is 22.0. The van der Waals surface area contributed by atoms with Gasteiger partial charge in [-0.3, -0.25) is 19.7 Å². The molecule has 9 nitrogen and oxygen atoms in total. The van der Waals surface area contributed by atoms with Crippen molar-refractivity contribution in [2.75, 3.05) is 26.2 Å². The van der Waals surface area contributed by atoms with E-state index in [-0.39, 0.29) is 23.4 Å². The SMILES string of the molecule is CCN(CC)CCN1C(=O)C(=O)/C(=C(\O)c2cccc([N+](=O)[O-])c2)C1c1ccco1. The second-order valence-electron chi connectivity index (χ2n) is 6.84. The molecule has 1 N–H and O–H groups in total. The number of Topliss-reactive ketones (excluding diaryl/α,β-unsaturated/α-hetero) is 1. The van der Waals surface area contributed by atoms with Gasteiger partial charge in [0.15, 0.2) is 0 Å². The van der Waals surface area contributed by atoms with Crippen LogP contribution in [0.15, 0.2) is 52.7 Å². The summed E-state index contributed by atoms with van der Waals surface area (Å²) < 4.78 is 5.47. The number of non-ortho nitro benzene ring substituents is 1. The van der Waals surface area contributed by atoms with Crippen LogP contribution in [0, 0.1) is 10.1 Å². The number of hydrogen-bond donors (Lipinski definition) is 1. The molecule has 0 aliphatic carbocycles. The largest absolute Gasteiger partial charge is 0.507 e. The van der Waals surface area contributed by atoms with Gasteiger partial charge < -0.3 is 19.3 Å². The van der Waals surface area contributed by atoms with Crippen LogP contribution in [0.4, 0.5) is 5.69 Å². The van der Waals surface area contributed by atoms with Gasteiger partial charge in [0.25, 0.3) is 17.4 Å². The molecule has 1 fully saturated rings. The number of carbonyl (C=O) groups is 2. The summed E-state index contributed by atoms with van der Waals surface area (Å²) in [7, 11) is 0. The molecule has 1 amide bonds. The first-order valence-electron chi connectivity index (χ1n) is 9.68. The van der Waals surface area contributed by atoms with Crippen molar-refractivity contribution in [3.63, 3.8) is 0 Å². The third-order valence-corrected chi connectivity index (χ3v) is 5.23. The van der Waals surface area contributed by atoms with Crippen LogP contribution in [-0.2, 0) is 9.59 Å². The Morgan fingerprint density at radius 1 is 1.23 bits per heavy atom. The minimum absolute atomic E-state index is 0.0856. The molecule has 0 spiro atoms. The number of hydrogen-bond acceptors (Lipinski definition) is 7. The van der Waals surface area contributed by atoms with Crippen molar-refractivity contribution >= 4 is 23.1 Å². The fourth-order valence-electron chi connectivity index (χ4n) is 3.56. The van der Waals surface area contributed by atoms with Gasteiger partial charge in [-0.05, 0) is 25.2 Å². The number of nitro benzene ring substituents is 1. The number of aliphatic hydroxyl groups excluding tert-OH is 1. The van der Waals surface area contributed by atoms with Crippen LogP contribution in [0.3, 0.4) is 0 Å². The Balaban J connectivity index is 2.07. The molecule has 2 heterocycles. The molecule has 1 saturated heterocycles. The third-order valence-electron chi connectivity index (χ3n) is 5.23. The van der Waals surface area contributed by atoms with E-state index in [9.17, 15) is 24.8 Å². The highest BCUT2D eigenvalue weighted by atomic mass is 16.6. The lowest BCUT2D eigenvalue weighted by atomic mass is 9.99. The summed E-state index contributed by atoms with van der Waals surface area (Å²) >= 11 is 0. The first kappa shape index (κ1) is 21.3. The van der Waals surface area contributed by atoms with Crippen molar-refractivity contribution in [3.8, 4) is 0 Å². The molecule has 0 bridgehead atoms. The van der Waals surface area contributed by atoms with Gasteiger partial charge in [0.05, 0.1) is 16.8 Å². The number of likely N-dealkylation sites (N-methyl/N-ethyl adjacent to an activating group) is 1. The number of benzene rings is 1. The molecule has 3 rings (SSSR count). The number of likely N-dealkylation sites (tertiary alicyclic amines) is 1. The summed E-state index contributed by atoms with van der Waals surface area (Å²) in [4.78, 5) is 39.6. The standard InChI is InChI=1S/C21H23N3O6/c1-3-22(4-2)10-11-23-18(16-9-6-12-30-16)17(20(26)21(23)27)19(25)14-7-5-8-15(13-14)24(28)29/h5-9,12-13,18,25H,3-4,10-11H2,1-2H3/b19-17-. The van der Waals surface area contributed by atoms with E-state index in [2.05, 4.69) is 4.90 Å². The average molecular weight is 413 g/mol. The maximum atomic E-state index is 12.8. The van der Waals surface area contributed by atoms with E-state index in [0.717, 1.165) is 19.2 Å². The number of carbonyl (C=O) groups excluding carboxylic acids is 2. The Kier molecular flexibility index (Phi) is 6.31. The van der Waals surface area contributed by atoms with Crippen LogP contribution >= 0.6 is 0 Å². The fraction of sp³-hybridized carbons (Fsp3) is 0.333. The van der Waals surface area contributed by atoms with Gasteiger partial charge in [-0.25, -0.2) is 0 Å². The molecule has 1 aromatic carbocycles.